The van der Waals surface area contributed by atoms with Gasteiger partial charge in [0.05, 0.1) is 6.10 Å². The van der Waals surface area contributed by atoms with E-state index in [-0.39, 0.29) is 17.9 Å². The predicted molar refractivity (Wildman–Crippen MR) is 76.7 cm³/mol. The molecule has 2 amide bonds. The van der Waals surface area contributed by atoms with Crippen molar-refractivity contribution in [3.05, 3.63) is 23.8 Å². The molecule has 0 aliphatic carbocycles. The molecule has 0 spiro atoms. The number of nitrogens with one attached hydrogen (secondary N) is 2. The van der Waals surface area contributed by atoms with Crippen molar-refractivity contribution in [2.24, 2.45) is 0 Å². The first-order valence-corrected chi connectivity index (χ1v) is 6.83. The summed E-state index contributed by atoms with van der Waals surface area (Å²) >= 11 is 0. The molecular formula is C15H20N2O3. The topological polar surface area (TPSA) is 67.4 Å². The van der Waals surface area contributed by atoms with E-state index in [1.165, 1.54) is 0 Å². The summed E-state index contributed by atoms with van der Waals surface area (Å²) in [5.41, 5.74) is 1.68. The molecule has 1 aliphatic heterocycles. The average Bonchev–Trinajstić information content (AvgIpc) is 2.79. The van der Waals surface area contributed by atoms with Crippen LogP contribution in [0.1, 0.15) is 32.3 Å². The van der Waals surface area contributed by atoms with Gasteiger partial charge in [-0.3, -0.25) is 9.59 Å². The van der Waals surface area contributed by atoms with Crippen LogP contribution in [0.2, 0.25) is 0 Å². The summed E-state index contributed by atoms with van der Waals surface area (Å²) in [5.74, 6) is 0.571. The van der Waals surface area contributed by atoms with Gasteiger partial charge in [0.15, 0.2) is 0 Å². The van der Waals surface area contributed by atoms with E-state index in [1.54, 1.807) is 6.07 Å². The maximum Gasteiger partial charge on any atom is 0.246 e. The Labute approximate surface area is 118 Å². The lowest BCUT2D eigenvalue weighted by atomic mass is 10.1. The lowest BCUT2D eigenvalue weighted by Crippen LogP contribution is -2.37. The SMILES string of the molecule is Cc1cc(NC(=O)[C@H]2CCC(=O)N2)ccc1OC(C)C. The van der Waals surface area contributed by atoms with Crippen molar-refractivity contribution in [3.63, 3.8) is 0 Å². The van der Waals surface area contributed by atoms with Crippen LogP contribution in [0.4, 0.5) is 5.69 Å². The summed E-state index contributed by atoms with van der Waals surface area (Å²) in [6, 6.07) is 5.10. The third-order valence-electron chi connectivity index (χ3n) is 3.12. The predicted octanol–water partition coefficient (Wildman–Crippen LogP) is 2.00. The summed E-state index contributed by atoms with van der Waals surface area (Å²) in [7, 11) is 0. The standard InChI is InChI=1S/C15H20N2O3/c1-9(2)20-13-6-4-11(8-10(13)3)16-15(19)12-5-7-14(18)17-12/h4,6,8-9,12H,5,7H2,1-3H3,(H,16,19)(H,17,18)/t12-/m1/s1. The molecule has 0 saturated carbocycles. The van der Waals surface area contributed by atoms with Gasteiger partial charge < -0.3 is 15.4 Å². The lowest BCUT2D eigenvalue weighted by molar-refractivity contribution is -0.122. The van der Waals surface area contributed by atoms with Gasteiger partial charge in [0.1, 0.15) is 11.8 Å². The average molecular weight is 276 g/mol. The van der Waals surface area contributed by atoms with Gasteiger partial charge in [-0.2, -0.15) is 0 Å². The van der Waals surface area contributed by atoms with E-state index in [4.69, 9.17) is 4.74 Å². The third kappa shape index (κ3) is 3.50. The minimum Gasteiger partial charge on any atom is -0.491 e. The second kappa shape index (κ2) is 5.94. The number of rotatable bonds is 4. The molecule has 1 aromatic rings. The van der Waals surface area contributed by atoms with Crippen LogP contribution in [-0.2, 0) is 9.59 Å². The quantitative estimate of drug-likeness (QED) is 0.884. The zero-order valence-corrected chi connectivity index (χ0v) is 12.0. The van der Waals surface area contributed by atoms with Crippen molar-refractivity contribution in [1.82, 2.24) is 5.32 Å². The summed E-state index contributed by atoms with van der Waals surface area (Å²) < 4.78 is 5.65. The van der Waals surface area contributed by atoms with Gasteiger partial charge in [-0.25, -0.2) is 0 Å². The van der Waals surface area contributed by atoms with Gasteiger partial charge in [-0.05, 0) is 51.0 Å². The molecule has 0 aromatic heterocycles. The lowest BCUT2D eigenvalue weighted by Gasteiger charge is -2.15. The first kappa shape index (κ1) is 14.4. The van der Waals surface area contributed by atoms with Crippen molar-refractivity contribution in [2.75, 3.05) is 5.32 Å². The Hall–Kier alpha value is -2.04. The molecule has 2 rings (SSSR count). The van der Waals surface area contributed by atoms with Crippen LogP contribution in [-0.4, -0.2) is 24.0 Å². The van der Waals surface area contributed by atoms with Crippen LogP contribution in [0, 0.1) is 6.92 Å². The molecule has 1 saturated heterocycles. The van der Waals surface area contributed by atoms with E-state index in [0.29, 0.717) is 18.5 Å². The summed E-state index contributed by atoms with van der Waals surface area (Å²) in [4.78, 5) is 23.1. The fourth-order valence-corrected chi connectivity index (χ4v) is 2.15. The summed E-state index contributed by atoms with van der Waals surface area (Å²) in [6.07, 6.45) is 1.08. The minimum absolute atomic E-state index is 0.0676. The highest BCUT2D eigenvalue weighted by molar-refractivity contribution is 5.99. The van der Waals surface area contributed by atoms with E-state index in [9.17, 15) is 9.59 Å². The fourth-order valence-electron chi connectivity index (χ4n) is 2.15. The largest absolute Gasteiger partial charge is 0.491 e. The molecule has 108 valence electrons. The van der Waals surface area contributed by atoms with Gasteiger partial charge >= 0.3 is 0 Å². The molecule has 1 heterocycles. The smallest absolute Gasteiger partial charge is 0.246 e. The van der Waals surface area contributed by atoms with E-state index < -0.39 is 6.04 Å². The Morgan fingerprint density at radius 1 is 1.45 bits per heavy atom. The van der Waals surface area contributed by atoms with Crippen molar-refractivity contribution >= 4 is 17.5 Å². The molecule has 5 heteroatoms. The monoisotopic (exact) mass is 276 g/mol. The molecule has 1 fully saturated rings. The fraction of sp³-hybridized carbons (Fsp3) is 0.467. The molecule has 20 heavy (non-hydrogen) atoms. The number of aryl methyl sites for hydroxylation is 1. The zero-order chi connectivity index (χ0) is 14.7. The second-order valence-electron chi connectivity index (χ2n) is 5.29. The molecule has 1 aliphatic rings. The second-order valence-corrected chi connectivity index (χ2v) is 5.29. The Kier molecular flexibility index (Phi) is 4.27. The van der Waals surface area contributed by atoms with Gasteiger partial charge in [-0.15, -0.1) is 0 Å². The molecule has 1 atom stereocenters. The summed E-state index contributed by atoms with van der Waals surface area (Å²) in [6.45, 7) is 5.88. The Balaban J connectivity index is 2.01. The Bertz CT molecular complexity index is 526. The van der Waals surface area contributed by atoms with Crippen LogP contribution in [0.3, 0.4) is 0 Å². The maximum absolute atomic E-state index is 12.0. The number of benzene rings is 1. The number of carbonyl (C=O) groups excluding carboxylic acids is 2. The molecule has 5 nitrogen and oxygen atoms in total. The van der Waals surface area contributed by atoms with Crippen LogP contribution in [0.15, 0.2) is 18.2 Å². The van der Waals surface area contributed by atoms with E-state index in [2.05, 4.69) is 10.6 Å². The van der Waals surface area contributed by atoms with E-state index in [1.807, 2.05) is 32.9 Å². The first-order valence-electron chi connectivity index (χ1n) is 6.83. The third-order valence-corrected chi connectivity index (χ3v) is 3.12. The summed E-state index contributed by atoms with van der Waals surface area (Å²) in [5, 5.41) is 5.47. The Morgan fingerprint density at radius 3 is 2.75 bits per heavy atom. The van der Waals surface area contributed by atoms with E-state index in [0.717, 1.165) is 11.3 Å². The molecule has 0 bridgehead atoms. The van der Waals surface area contributed by atoms with Gasteiger partial charge in [0, 0.05) is 12.1 Å². The zero-order valence-electron chi connectivity index (χ0n) is 12.0. The van der Waals surface area contributed by atoms with Crippen LogP contribution in [0.5, 0.6) is 5.75 Å². The first-order chi connectivity index (χ1) is 9.45. The molecular weight excluding hydrogens is 256 g/mol. The van der Waals surface area contributed by atoms with E-state index >= 15 is 0 Å². The highest BCUT2D eigenvalue weighted by atomic mass is 16.5. The minimum atomic E-state index is -0.422. The Morgan fingerprint density at radius 2 is 2.20 bits per heavy atom. The van der Waals surface area contributed by atoms with Gasteiger partial charge in [0.2, 0.25) is 11.8 Å². The van der Waals surface area contributed by atoms with Crippen LogP contribution < -0.4 is 15.4 Å². The highest BCUT2D eigenvalue weighted by Crippen LogP contribution is 2.23. The number of amides is 2. The van der Waals surface area contributed by atoms with Crippen LogP contribution in [0.25, 0.3) is 0 Å². The molecule has 2 N–H and O–H groups in total. The number of carbonyl (C=O) groups is 2. The van der Waals surface area contributed by atoms with Crippen LogP contribution >= 0.6 is 0 Å². The maximum atomic E-state index is 12.0. The number of ether oxygens (including phenoxy) is 1. The molecule has 1 aromatic carbocycles. The van der Waals surface area contributed by atoms with Crippen molar-refractivity contribution in [1.29, 1.82) is 0 Å². The number of hydrogen-bond acceptors (Lipinski definition) is 3. The van der Waals surface area contributed by atoms with Gasteiger partial charge in [0.25, 0.3) is 0 Å². The van der Waals surface area contributed by atoms with Crippen molar-refractivity contribution in [3.8, 4) is 5.75 Å². The molecule has 0 radical (unpaired) electrons. The van der Waals surface area contributed by atoms with Gasteiger partial charge in [-0.1, -0.05) is 0 Å². The highest BCUT2D eigenvalue weighted by Gasteiger charge is 2.27. The normalized spacial score (nSPS) is 18.0. The molecule has 0 unspecified atom stereocenters. The van der Waals surface area contributed by atoms with Crippen molar-refractivity contribution < 1.29 is 14.3 Å². The number of hydrogen-bond donors (Lipinski definition) is 2. The number of anilines is 1. The van der Waals surface area contributed by atoms with Crippen molar-refractivity contribution in [2.45, 2.75) is 45.8 Å².